The minimum absolute atomic E-state index is 0.0228. The molecule has 0 spiro atoms. The van der Waals surface area contributed by atoms with E-state index in [4.69, 9.17) is 4.74 Å². The molecule has 1 aromatic heterocycles. The fourth-order valence-electron chi connectivity index (χ4n) is 2.50. The van der Waals surface area contributed by atoms with Gasteiger partial charge in [0.25, 0.3) is 0 Å². The van der Waals surface area contributed by atoms with Crippen molar-refractivity contribution in [3.63, 3.8) is 0 Å². The van der Waals surface area contributed by atoms with Crippen LogP contribution in [-0.4, -0.2) is 48.7 Å². The number of carbonyl (C=O) groups is 1. The normalized spacial score (nSPS) is 18.5. The highest BCUT2D eigenvalue weighted by atomic mass is 16.5. The van der Waals surface area contributed by atoms with E-state index in [0.717, 1.165) is 32.4 Å². The van der Waals surface area contributed by atoms with Gasteiger partial charge in [0.05, 0.1) is 5.92 Å². The van der Waals surface area contributed by atoms with E-state index < -0.39 is 0 Å². The van der Waals surface area contributed by atoms with Crippen molar-refractivity contribution in [2.45, 2.75) is 26.2 Å². The van der Waals surface area contributed by atoms with Crippen LogP contribution in [0.2, 0.25) is 0 Å². The van der Waals surface area contributed by atoms with Gasteiger partial charge in [-0.15, -0.1) is 0 Å². The molecule has 1 fully saturated rings. The summed E-state index contributed by atoms with van der Waals surface area (Å²) >= 11 is 0. The molecule has 1 N–H and O–H groups in total. The zero-order valence-corrected chi connectivity index (χ0v) is 12.6. The van der Waals surface area contributed by atoms with Crippen molar-refractivity contribution in [1.82, 2.24) is 15.3 Å². The van der Waals surface area contributed by atoms with Gasteiger partial charge in [-0.05, 0) is 32.3 Å². The van der Waals surface area contributed by atoms with Gasteiger partial charge in [-0.25, -0.2) is 9.97 Å². The number of hydrogen-bond donors (Lipinski definition) is 1. The summed E-state index contributed by atoms with van der Waals surface area (Å²) in [4.78, 5) is 22.8. The van der Waals surface area contributed by atoms with Gasteiger partial charge in [-0.2, -0.15) is 0 Å². The van der Waals surface area contributed by atoms with Crippen molar-refractivity contribution in [1.29, 1.82) is 0 Å². The maximum Gasteiger partial charge on any atom is 0.225 e. The molecule has 2 heterocycles. The van der Waals surface area contributed by atoms with E-state index in [1.807, 2.05) is 6.92 Å². The molecule has 1 aliphatic rings. The Morgan fingerprint density at radius 1 is 1.48 bits per heavy atom. The van der Waals surface area contributed by atoms with Gasteiger partial charge in [-0.3, -0.25) is 4.79 Å². The topological polar surface area (TPSA) is 67.3 Å². The number of piperidine rings is 1. The minimum atomic E-state index is 0.0228. The Labute approximate surface area is 125 Å². The van der Waals surface area contributed by atoms with Crippen molar-refractivity contribution in [3.05, 3.63) is 18.5 Å². The SMILES string of the molecule is CCOCCCNC(=O)[C@@H]1CCCN(c2ncccn2)C1. The molecular weight excluding hydrogens is 268 g/mol. The van der Waals surface area contributed by atoms with Crippen molar-refractivity contribution in [3.8, 4) is 0 Å². The molecule has 0 bridgehead atoms. The van der Waals surface area contributed by atoms with Crippen molar-refractivity contribution in [2.75, 3.05) is 37.7 Å². The average Bonchev–Trinajstić information content (AvgIpc) is 2.55. The third kappa shape index (κ3) is 4.97. The Kier molecular flexibility index (Phi) is 6.40. The minimum Gasteiger partial charge on any atom is -0.382 e. The molecule has 6 nitrogen and oxygen atoms in total. The maximum absolute atomic E-state index is 12.2. The van der Waals surface area contributed by atoms with E-state index >= 15 is 0 Å². The predicted molar refractivity (Wildman–Crippen MR) is 81.1 cm³/mol. The van der Waals surface area contributed by atoms with Crippen molar-refractivity contribution < 1.29 is 9.53 Å². The van der Waals surface area contributed by atoms with Gasteiger partial charge in [-0.1, -0.05) is 0 Å². The number of hydrogen-bond acceptors (Lipinski definition) is 5. The second kappa shape index (κ2) is 8.56. The number of nitrogens with zero attached hydrogens (tertiary/aromatic N) is 3. The zero-order valence-electron chi connectivity index (χ0n) is 12.6. The molecule has 0 aliphatic carbocycles. The third-order valence-corrected chi connectivity index (χ3v) is 3.60. The number of aromatic nitrogens is 2. The lowest BCUT2D eigenvalue weighted by Gasteiger charge is -2.31. The molecule has 6 heteroatoms. The molecule has 0 unspecified atom stereocenters. The lowest BCUT2D eigenvalue weighted by atomic mass is 9.97. The molecule has 1 atom stereocenters. The summed E-state index contributed by atoms with van der Waals surface area (Å²) in [5.74, 6) is 0.869. The number of carbonyl (C=O) groups excluding carboxylic acids is 1. The highest BCUT2D eigenvalue weighted by Gasteiger charge is 2.26. The third-order valence-electron chi connectivity index (χ3n) is 3.60. The first-order chi connectivity index (χ1) is 10.3. The molecule has 2 rings (SSSR count). The second-order valence-corrected chi connectivity index (χ2v) is 5.18. The van der Waals surface area contributed by atoms with E-state index in [0.29, 0.717) is 25.6 Å². The van der Waals surface area contributed by atoms with Gasteiger partial charge in [0.1, 0.15) is 0 Å². The van der Waals surface area contributed by atoms with Crippen LogP contribution in [0.5, 0.6) is 0 Å². The van der Waals surface area contributed by atoms with Crippen LogP contribution in [0.25, 0.3) is 0 Å². The van der Waals surface area contributed by atoms with Gasteiger partial charge in [0, 0.05) is 45.2 Å². The van der Waals surface area contributed by atoms with Gasteiger partial charge in [0.2, 0.25) is 11.9 Å². The summed E-state index contributed by atoms with van der Waals surface area (Å²) < 4.78 is 5.26. The number of nitrogens with one attached hydrogen (secondary N) is 1. The van der Waals surface area contributed by atoms with Crippen LogP contribution in [0.1, 0.15) is 26.2 Å². The van der Waals surface area contributed by atoms with Crippen molar-refractivity contribution >= 4 is 11.9 Å². The Hall–Kier alpha value is -1.69. The molecule has 21 heavy (non-hydrogen) atoms. The molecule has 1 aliphatic heterocycles. The molecule has 116 valence electrons. The highest BCUT2D eigenvalue weighted by Crippen LogP contribution is 2.19. The van der Waals surface area contributed by atoms with Crippen LogP contribution in [0.4, 0.5) is 5.95 Å². The van der Waals surface area contributed by atoms with Gasteiger partial charge < -0.3 is 15.0 Å². The monoisotopic (exact) mass is 292 g/mol. The maximum atomic E-state index is 12.2. The smallest absolute Gasteiger partial charge is 0.225 e. The van der Waals surface area contributed by atoms with E-state index in [2.05, 4.69) is 20.2 Å². The fraction of sp³-hybridized carbons (Fsp3) is 0.667. The molecule has 1 aromatic rings. The summed E-state index contributed by atoms with van der Waals surface area (Å²) in [6, 6.07) is 1.80. The first kappa shape index (κ1) is 15.7. The first-order valence-corrected chi connectivity index (χ1v) is 7.68. The molecular formula is C15H24N4O2. The molecule has 0 saturated carbocycles. The number of rotatable bonds is 7. The Morgan fingerprint density at radius 2 is 2.29 bits per heavy atom. The highest BCUT2D eigenvalue weighted by molar-refractivity contribution is 5.79. The lowest BCUT2D eigenvalue weighted by Crippen LogP contribution is -2.44. The number of amides is 1. The van der Waals surface area contributed by atoms with E-state index in [1.165, 1.54) is 0 Å². The standard InChI is InChI=1S/C15H24N4O2/c1-2-21-11-5-9-16-14(20)13-6-3-10-19(12-13)15-17-7-4-8-18-15/h4,7-8,13H,2-3,5-6,9-12H2,1H3,(H,16,20)/t13-/m1/s1. The summed E-state index contributed by atoms with van der Waals surface area (Å²) in [6.07, 6.45) is 6.26. The Balaban J connectivity index is 1.76. The van der Waals surface area contributed by atoms with E-state index in [-0.39, 0.29) is 11.8 Å². The van der Waals surface area contributed by atoms with E-state index in [1.54, 1.807) is 18.5 Å². The molecule has 1 amide bonds. The van der Waals surface area contributed by atoms with Crippen LogP contribution >= 0.6 is 0 Å². The van der Waals surface area contributed by atoms with Crippen LogP contribution in [-0.2, 0) is 9.53 Å². The number of anilines is 1. The van der Waals surface area contributed by atoms with Crippen LogP contribution < -0.4 is 10.2 Å². The van der Waals surface area contributed by atoms with Crippen LogP contribution in [0.15, 0.2) is 18.5 Å². The summed E-state index contributed by atoms with van der Waals surface area (Å²) in [7, 11) is 0. The van der Waals surface area contributed by atoms with Crippen LogP contribution in [0, 0.1) is 5.92 Å². The first-order valence-electron chi connectivity index (χ1n) is 7.68. The fourth-order valence-corrected chi connectivity index (χ4v) is 2.50. The predicted octanol–water partition coefficient (Wildman–Crippen LogP) is 1.24. The average molecular weight is 292 g/mol. The molecule has 0 radical (unpaired) electrons. The lowest BCUT2D eigenvalue weighted by molar-refractivity contribution is -0.125. The Bertz CT molecular complexity index is 427. The molecule has 0 aromatic carbocycles. The largest absolute Gasteiger partial charge is 0.382 e. The summed E-state index contributed by atoms with van der Waals surface area (Å²) in [6.45, 7) is 5.69. The van der Waals surface area contributed by atoms with Gasteiger partial charge in [0.15, 0.2) is 0 Å². The van der Waals surface area contributed by atoms with Crippen molar-refractivity contribution in [2.24, 2.45) is 5.92 Å². The van der Waals surface area contributed by atoms with Crippen LogP contribution in [0.3, 0.4) is 0 Å². The summed E-state index contributed by atoms with van der Waals surface area (Å²) in [5, 5.41) is 3.00. The summed E-state index contributed by atoms with van der Waals surface area (Å²) in [5.41, 5.74) is 0. The number of ether oxygens (including phenoxy) is 1. The molecule has 1 saturated heterocycles. The Morgan fingerprint density at radius 3 is 3.05 bits per heavy atom. The zero-order chi connectivity index (χ0) is 14.9. The second-order valence-electron chi connectivity index (χ2n) is 5.18. The van der Waals surface area contributed by atoms with Gasteiger partial charge >= 0.3 is 0 Å². The quantitative estimate of drug-likeness (QED) is 0.766. The van der Waals surface area contributed by atoms with E-state index in [9.17, 15) is 4.79 Å².